The lowest BCUT2D eigenvalue weighted by Gasteiger charge is -2.16. The molecule has 1 aromatic carbocycles. The lowest BCUT2D eigenvalue weighted by molar-refractivity contribution is -0.136. The molecule has 0 fully saturated rings. The van der Waals surface area contributed by atoms with Crippen LogP contribution in [0.3, 0.4) is 0 Å². The number of aromatic nitrogens is 2. The van der Waals surface area contributed by atoms with Gasteiger partial charge in [0.1, 0.15) is 5.82 Å². The fourth-order valence-corrected chi connectivity index (χ4v) is 3.21. The lowest BCUT2D eigenvalue weighted by Crippen LogP contribution is -2.14. The summed E-state index contributed by atoms with van der Waals surface area (Å²) in [6, 6.07) is 10.4. The Morgan fingerprint density at radius 2 is 1.95 bits per heavy atom. The second-order valence-corrected chi connectivity index (χ2v) is 5.91. The van der Waals surface area contributed by atoms with Gasteiger partial charge in [-0.15, -0.1) is 0 Å². The zero-order valence-corrected chi connectivity index (χ0v) is 12.8. The molecule has 0 saturated carbocycles. The van der Waals surface area contributed by atoms with E-state index in [4.69, 9.17) is 10.1 Å². The van der Waals surface area contributed by atoms with E-state index in [1.54, 1.807) is 0 Å². The maximum absolute atomic E-state index is 10.9. The molecule has 0 radical (unpaired) electrons. The molecule has 1 aromatic heterocycles. The number of carboxylic acid groups (broad SMARTS) is 1. The standard InChI is InChI=1S/C18H22N2O2/c21-18(22)12-11-16-15(10-9-14-6-2-1-3-7-14)19-17-8-4-5-13-20(16)17/h1-3,6-7H,4-5,8-13H2,(H,21,22). The third-order valence-electron chi connectivity index (χ3n) is 4.34. The Hall–Kier alpha value is -2.10. The van der Waals surface area contributed by atoms with E-state index < -0.39 is 5.97 Å². The maximum Gasteiger partial charge on any atom is 0.303 e. The average molecular weight is 298 g/mol. The summed E-state index contributed by atoms with van der Waals surface area (Å²) in [6.07, 6.45) is 5.99. The van der Waals surface area contributed by atoms with Crippen molar-refractivity contribution in [2.24, 2.45) is 0 Å². The Bertz CT molecular complexity index is 647. The molecular formula is C18H22N2O2. The van der Waals surface area contributed by atoms with E-state index in [1.165, 1.54) is 18.4 Å². The van der Waals surface area contributed by atoms with Gasteiger partial charge in [0.15, 0.2) is 0 Å². The normalized spacial score (nSPS) is 13.8. The predicted molar refractivity (Wildman–Crippen MR) is 85.0 cm³/mol. The summed E-state index contributed by atoms with van der Waals surface area (Å²) in [4.78, 5) is 15.7. The van der Waals surface area contributed by atoms with Gasteiger partial charge in [0.05, 0.1) is 12.1 Å². The number of hydrogen-bond donors (Lipinski definition) is 1. The molecule has 1 N–H and O–H groups in total. The van der Waals surface area contributed by atoms with E-state index in [2.05, 4.69) is 28.8 Å². The molecule has 0 unspecified atom stereocenters. The highest BCUT2D eigenvalue weighted by molar-refractivity contribution is 5.67. The fourth-order valence-electron chi connectivity index (χ4n) is 3.21. The fraction of sp³-hybridized carbons (Fsp3) is 0.444. The van der Waals surface area contributed by atoms with Crippen molar-refractivity contribution < 1.29 is 9.90 Å². The first kappa shape index (κ1) is 14.8. The molecule has 22 heavy (non-hydrogen) atoms. The summed E-state index contributed by atoms with van der Waals surface area (Å²) in [5, 5.41) is 8.99. The summed E-state index contributed by atoms with van der Waals surface area (Å²) in [5.74, 6) is 0.412. The molecule has 116 valence electrons. The quantitative estimate of drug-likeness (QED) is 0.892. The Kier molecular flexibility index (Phi) is 4.56. The van der Waals surface area contributed by atoms with Gasteiger partial charge >= 0.3 is 5.97 Å². The number of nitrogens with zero attached hydrogens (tertiary/aromatic N) is 2. The molecule has 0 atom stereocenters. The van der Waals surface area contributed by atoms with Crippen molar-refractivity contribution in [1.29, 1.82) is 0 Å². The second kappa shape index (κ2) is 6.77. The minimum Gasteiger partial charge on any atom is -0.481 e. The zero-order chi connectivity index (χ0) is 15.4. The highest BCUT2D eigenvalue weighted by Gasteiger charge is 2.19. The van der Waals surface area contributed by atoms with Gasteiger partial charge in [-0.05, 0) is 37.7 Å². The summed E-state index contributed by atoms with van der Waals surface area (Å²) in [7, 11) is 0. The molecule has 0 aliphatic carbocycles. The third kappa shape index (κ3) is 3.38. The molecule has 4 nitrogen and oxygen atoms in total. The van der Waals surface area contributed by atoms with E-state index >= 15 is 0 Å². The van der Waals surface area contributed by atoms with Crippen LogP contribution in [0.5, 0.6) is 0 Å². The first-order valence-electron chi connectivity index (χ1n) is 8.07. The number of carbonyl (C=O) groups is 1. The molecule has 0 spiro atoms. The van der Waals surface area contributed by atoms with Gasteiger partial charge in [-0.3, -0.25) is 4.79 Å². The van der Waals surface area contributed by atoms with Gasteiger partial charge in [-0.25, -0.2) is 4.98 Å². The topological polar surface area (TPSA) is 55.1 Å². The molecule has 0 saturated heterocycles. The van der Waals surface area contributed by atoms with E-state index in [1.807, 2.05) is 6.07 Å². The number of rotatable bonds is 6. The van der Waals surface area contributed by atoms with Crippen LogP contribution in [-0.4, -0.2) is 20.6 Å². The molecular weight excluding hydrogens is 276 g/mol. The Morgan fingerprint density at radius 3 is 2.73 bits per heavy atom. The van der Waals surface area contributed by atoms with Crippen molar-refractivity contribution >= 4 is 5.97 Å². The van der Waals surface area contributed by atoms with Gasteiger partial charge in [0.2, 0.25) is 0 Å². The SMILES string of the molecule is O=C(O)CCc1c(CCc2ccccc2)nc2n1CCCC2. The number of hydrogen-bond acceptors (Lipinski definition) is 2. The van der Waals surface area contributed by atoms with Crippen molar-refractivity contribution in [3.8, 4) is 0 Å². The minimum atomic E-state index is -0.736. The second-order valence-electron chi connectivity index (χ2n) is 5.91. The number of carboxylic acids is 1. The molecule has 1 aliphatic heterocycles. The van der Waals surface area contributed by atoms with Crippen LogP contribution >= 0.6 is 0 Å². The average Bonchev–Trinajstić information content (AvgIpc) is 2.89. The molecule has 2 aromatic rings. The van der Waals surface area contributed by atoms with Crippen LogP contribution in [0.25, 0.3) is 0 Å². The minimum absolute atomic E-state index is 0.184. The van der Waals surface area contributed by atoms with Crippen molar-refractivity contribution in [1.82, 2.24) is 9.55 Å². The van der Waals surface area contributed by atoms with Gasteiger partial charge < -0.3 is 9.67 Å². The van der Waals surface area contributed by atoms with Crippen molar-refractivity contribution in [3.05, 3.63) is 53.1 Å². The molecule has 4 heteroatoms. The molecule has 1 aliphatic rings. The van der Waals surface area contributed by atoms with E-state index in [0.717, 1.165) is 43.0 Å². The molecule has 2 heterocycles. The summed E-state index contributed by atoms with van der Waals surface area (Å²) >= 11 is 0. The largest absolute Gasteiger partial charge is 0.481 e. The third-order valence-corrected chi connectivity index (χ3v) is 4.34. The first-order valence-corrected chi connectivity index (χ1v) is 8.07. The van der Waals surface area contributed by atoms with Crippen LogP contribution in [-0.2, 0) is 37.0 Å². The maximum atomic E-state index is 10.9. The van der Waals surface area contributed by atoms with Crippen molar-refractivity contribution in [2.45, 2.75) is 51.5 Å². The summed E-state index contributed by atoms with van der Waals surface area (Å²) in [5.41, 5.74) is 3.55. The van der Waals surface area contributed by atoms with E-state index in [9.17, 15) is 4.79 Å². The van der Waals surface area contributed by atoms with Gasteiger partial charge in [0, 0.05) is 18.7 Å². The summed E-state index contributed by atoms with van der Waals surface area (Å²) in [6.45, 7) is 0.989. The number of aliphatic carboxylic acids is 1. The van der Waals surface area contributed by atoms with Crippen LogP contribution in [0.1, 0.15) is 42.0 Å². The number of benzene rings is 1. The number of fused-ring (bicyclic) bond motifs is 1. The van der Waals surface area contributed by atoms with Crippen LogP contribution in [0.4, 0.5) is 0 Å². The van der Waals surface area contributed by atoms with Gasteiger partial charge in [-0.1, -0.05) is 30.3 Å². The van der Waals surface area contributed by atoms with Crippen LogP contribution < -0.4 is 0 Å². The molecule has 0 bridgehead atoms. The summed E-state index contributed by atoms with van der Waals surface area (Å²) < 4.78 is 2.27. The van der Waals surface area contributed by atoms with Crippen LogP contribution in [0, 0.1) is 0 Å². The highest BCUT2D eigenvalue weighted by Crippen LogP contribution is 2.22. The van der Waals surface area contributed by atoms with Crippen molar-refractivity contribution in [3.63, 3.8) is 0 Å². The Balaban J connectivity index is 1.79. The van der Waals surface area contributed by atoms with Crippen LogP contribution in [0.15, 0.2) is 30.3 Å². The smallest absolute Gasteiger partial charge is 0.303 e. The Morgan fingerprint density at radius 1 is 1.14 bits per heavy atom. The molecule has 3 rings (SSSR count). The van der Waals surface area contributed by atoms with Crippen molar-refractivity contribution in [2.75, 3.05) is 0 Å². The van der Waals surface area contributed by atoms with E-state index in [0.29, 0.717) is 6.42 Å². The number of imidazole rings is 1. The predicted octanol–water partition coefficient (Wildman–Crippen LogP) is 3.02. The van der Waals surface area contributed by atoms with E-state index in [-0.39, 0.29) is 6.42 Å². The Labute approximate surface area is 130 Å². The zero-order valence-electron chi connectivity index (χ0n) is 12.8. The first-order chi connectivity index (χ1) is 10.7. The van der Waals surface area contributed by atoms with Crippen LogP contribution in [0.2, 0.25) is 0 Å². The monoisotopic (exact) mass is 298 g/mol. The van der Waals surface area contributed by atoms with Gasteiger partial charge in [0.25, 0.3) is 0 Å². The highest BCUT2D eigenvalue weighted by atomic mass is 16.4. The molecule has 0 amide bonds. The number of aryl methyl sites for hydroxylation is 3. The van der Waals surface area contributed by atoms with Gasteiger partial charge in [-0.2, -0.15) is 0 Å². The lowest BCUT2D eigenvalue weighted by atomic mass is 10.1.